The second-order valence-electron chi connectivity index (χ2n) is 6.36. The number of nitrogens with one attached hydrogen (secondary N) is 1. The molecular formula is C17H22N4O10. The quantitative estimate of drug-likeness (QED) is 0.160. The average Bonchev–Trinajstić information content (AvgIpc) is 2.63. The van der Waals surface area contributed by atoms with E-state index in [0.29, 0.717) is 0 Å². The third-order valence-electron chi connectivity index (χ3n) is 3.83. The molecule has 0 bridgehead atoms. The number of carboxylic acids is 1. The van der Waals surface area contributed by atoms with Gasteiger partial charge in [0, 0.05) is 32.6 Å². The number of carboxylic acid groups (broad SMARTS) is 1. The van der Waals surface area contributed by atoms with Crippen molar-refractivity contribution in [3.8, 4) is 0 Å². The van der Waals surface area contributed by atoms with Crippen LogP contribution in [0.4, 0.5) is 0 Å². The lowest BCUT2D eigenvalue weighted by molar-refractivity contribution is -0.187. The molecule has 0 saturated heterocycles. The van der Waals surface area contributed by atoms with Gasteiger partial charge in [-0.2, -0.15) is 0 Å². The first kappa shape index (κ1) is 25.2. The Morgan fingerprint density at radius 3 is 2.23 bits per heavy atom. The Labute approximate surface area is 176 Å². The molecule has 14 heteroatoms. The van der Waals surface area contributed by atoms with Crippen LogP contribution in [0.15, 0.2) is 16.9 Å². The maximum Gasteiger partial charge on any atom is 0.370 e. The Bertz CT molecular complexity index is 820. The normalized spacial score (nSPS) is 21.7. The highest BCUT2D eigenvalue weighted by Crippen LogP contribution is 2.27. The van der Waals surface area contributed by atoms with Gasteiger partial charge in [-0.3, -0.25) is 19.2 Å². The average molecular weight is 442 g/mol. The second kappa shape index (κ2) is 11.4. The minimum atomic E-state index is -1.56. The Kier molecular flexibility index (Phi) is 9.28. The van der Waals surface area contributed by atoms with E-state index in [2.05, 4.69) is 15.3 Å². The van der Waals surface area contributed by atoms with Gasteiger partial charge >= 0.3 is 23.9 Å². The largest absolute Gasteiger partial charge is 0.477 e. The highest BCUT2D eigenvalue weighted by Gasteiger charge is 2.47. The predicted octanol–water partition coefficient (Wildman–Crippen LogP) is -0.0362. The van der Waals surface area contributed by atoms with Crippen molar-refractivity contribution in [3.63, 3.8) is 0 Å². The molecule has 0 fully saturated rings. The first-order valence-corrected chi connectivity index (χ1v) is 8.87. The minimum absolute atomic E-state index is 0.572. The summed E-state index contributed by atoms with van der Waals surface area (Å²) in [4.78, 5) is 60.5. The summed E-state index contributed by atoms with van der Waals surface area (Å²) in [7, 11) is 0. The van der Waals surface area contributed by atoms with Crippen molar-refractivity contribution in [1.82, 2.24) is 5.32 Å². The molecule has 0 spiro atoms. The summed E-state index contributed by atoms with van der Waals surface area (Å²) in [5.74, 6) is -5.23. The Morgan fingerprint density at radius 2 is 1.77 bits per heavy atom. The van der Waals surface area contributed by atoms with Gasteiger partial charge < -0.3 is 29.4 Å². The SMILES string of the molecule is CC(=O)NC1C(N=[N+]=[N-])C=C(C(=O)O)OC1C(OC(C)=O)C(COC(C)=O)OC(C)=O. The molecule has 0 aromatic carbocycles. The minimum Gasteiger partial charge on any atom is -0.477 e. The summed E-state index contributed by atoms with van der Waals surface area (Å²) in [5.41, 5.74) is 8.85. The molecule has 5 atom stereocenters. The van der Waals surface area contributed by atoms with Gasteiger partial charge in [0.25, 0.3) is 0 Å². The van der Waals surface area contributed by atoms with E-state index in [1.807, 2.05) is 0 Å². The highest BCUT2D eigenvalue weighted by molar-refractivity contribution is 5.85. The molecule has 170 valence electrons. The van der Waals surface area contributed by atoms with Crippen LogP contribution < -0.4 is 5.32 Å². The maximum atomic E-state index is 11.8. The number of esters is 3. The molecule has 14 nitrogen and oxygen atoms in total. The van der Waals surface area contributed by atoms with Crippen LogP contribution in [0.5, 0.6) is 0 Å². The lowest BCUT2D eigenvalue weighted by atomic mass is 9.92. The van der Waals surface area contributed by atoms with Crippen LogP contribution in [-0.2, 0) is 42.9 Å². The molecule has 0 aromatic heterocycles. The molecule has 31 heavy (non-hydrogen) atoms. The van der Waals surface area contributed by atoms with Crippen molar-refractivity contribution in [3.05, 3.63) is 22.3 Å². The summed E-state index contributed by atoms with van der Waals surface area (Å²) >= 11 is 0. The van der Waals surface area contributed by atoms with Gasteiger partial charge in [-0.15, -0.1) is 0 Å². The lowest BCUT2D eigenvalue weighted by Crippen LogP contribution is -2.61. The molecule has 1 heterocycles. The number of azide groups is 1. The molecule has 0 radical (unpaired) electrons. The fourth-order valence-electron chi connectivity index (χ4n) is 2.83. The van der Waals surface area contributed by atoms with Crippen molar-refractivity contribution in [2.45, 2.75) is 58.1 Å². The zero-order valence-corrected chi connectivity index (χ0v) is 17.1. The fourth-order valence-corrected chi connectivity index (χ4v) is 2.83. The zero-order chi connectivity index (χ0) is 23.7. The van der Waals surface area contributed by atoms with Crippen LogP contribution in [0, 0.1) is 0 Å². The van der Waals surface area contributed by atoms with E-state index in [1.54, 1.807) is 0 Å². The van der Waals surface area contributed by atoms with Crippen molar-refractivity contribution < 1.29 is 48.0 Å². The van der Waals surface area contributed by atoms with Gasteiger partial charge in [0.15, 0.2) is 18.3 Å². The van der Waals surface area contributed by atoms with Crippen LogP contribution >= 0.6 is 0 Å². The van der Waals surface area contributed by atoms with Crippen LogP contribution in [0.3, 0.4) is 0 Å². The smallest absolute Gasteiger partial charge is 0.370 e. The van der Waals surface area contributed by atoms with Crippen molar-refractivity contribution in [2.24, 2.45) is 5.11 Å². The molecule has 0 aromatic rings. The molecule has 0 saturated carbocycles. The summed E-state index contributed by atoms with van der Waals surface area (Å²) < 4.78 is 20.6. The van der Waals surface area contributed by atoms with E-state index in [0.717, 1.165) is 33.8 Å². The van der Waals surface area contributed by atoms with Crippen LogP contribution in [0.2, 0.25) is 0 Å². The second-order valence-corrected chi connectivity index (χ2v) is 6.36. The van der Waals surface area contributed by atoms with E-state index in [9.17, 15) is 29.1 Å². The van der Waals surface area contributed by atoms with E-state index >= 15 is 0 Å². The predicted molar refractivity (Wildman–Crippen MR) is 98.9 cm³/mol. The third-order valence-corrected chi connectivity index (χ3v) is 3.83. The first-order chi connectivity index (χ1) is 14.5. The number of carbonyl (C=O) groups is 5. The first-order valence-electron chi connectivity index (χ1n) is 8.87. The monoisotopic (exact) mass is 442 g/mol. The van der Waals surface area contributed by atoms with Gasteiger partial charge in [0.2, 0.25) is 11.7 Å². The Balaban J connectivity index is 3.54. The molecule has 1 rings (SSSR count). The number of rotatable bonds is 9. The summed E-state index contributed by atoms with van der Waals surface area (Å²) in [6, 6.07) is -2.49. The van der Waals surface area contributed by atoms with Crippen molar-refractivity contribution >= 4 is 29.8 Å². The molecule has 1 aliphatic rings. The zero-order valence-electron chi connectivity index (χ0n) is 17.1. The van der Waals surface area contributed by atoms with E-state index in [-0.39, 0.29) is 0 Å². The van der Waals surface area contributed by atoms with Gasteiger partial charge in [0.05, 0.1) is 12.1 Å². The summed E-state index contributed by atoms with van der Waals surface area (Å²) in [6.45, 7) is 3.73. The molecule has 1 amide bonds. The maximum absolute atomic E-state index is 11.8. The summed E-state index contributed by atoms with van der Waals surface area (Å²) in [6.07, 6.45) is -3.53. The number of ether oxygens (including phenoxy) is 4. The highest BCUT2D eigenvalue weighted by atomic mass is 16.6. The van der Waals surface area contributed by atoms with Crippen molar-refractivity contribution in [2.75, 3.05) is 6.61 Å². The summed E-state index contributed by atoms with van der Waals surface area (Å²) in [5, 5.41) is 15.3. The van der Waals surface area contributed by atoms with Crippen LogP contribution in [0.25, 0.3) is 10.4 Å². The molecule has 5 unspecified atom stereocenters. The molecule has 1 aliphatic heterocycles. The molecule has 2 N–H and O–H groups in total. The topological polar surface area (TPSA) is 203 Å². The number of hydrogen-bond donors (Lipinski definition) is 2. The molecular weight excluding hydrogens is 420 g/mol. The Morgan fingerprint density at radius 1 is 1.16 bits per heavy atom. The van der Waals surface area contributed by atoms with E-state index < -0.39 is 72.5 Å². The standard InChI is InChI=1S/C17H22N4O10/c1-7(22)19-14-11(20-21-18)5-12(17(26)27)31-16(14)15(30-10(4)25)13(29-9(3)24)6-28-8(2)23/h5,11,13-16H,6H2,1-4H3,(H,19,22)(H,26,27). The molecule has 0 aliphatic carbocycles. The van der Waals surface area contributed by atoms with Crippen LogP contribution in [0.1, 0.15) is 27.7 Å². The number of hydrogen-bond acceptors (Lipinski definition) is 10. The van der Waals surface area contributed by atoms with Gasteiger partial charge in [-0.05, 0) is 11.6 Å². The number of amides is 1. The van der Waals surface area contributed by atoms with Gasteiger partial charge in [0.1, 0.15) is 6.61 Å². The Hall–Kier alpha value is -3.80. The number of nitrogens with zero attached hydrogens (tertiary/aromatic N) is 3. The third kappa shape index (κ3) is 7.85. The fraction of sp³-hybridized carbons (Fsp3) is 0.588. The van der Waals surface area contributed by atoms with E-state index in [4.69, 9.17) is 24.5 Å². The number of aliphatic carboxylic acids is 1. The van der Waals surface area contributed by atoms with E-state index in [1.165, 1.54) is 0 Å². The number of carbonyl (C=O) groups excluding carboxylic acids is 4. The van der Waals surface area contributed by atoms with Gasteiger partial charge in [-0.25, -0.2) is 4.79 Å². The van der Waals surface area contributed by atoms with Crippen molar-refractivity contribution in [1.29, 1.82) is 0 Å². The van der Waals surface area contributed by atoms with Gasteiger partial charge in [-0.1, -0.05) is 5.11 Å². The van der Waals surface area contributed by atoms with Crippen LogP contribution in [-0.4, -0.2) is 71.9 Å². The lowest BCUT2D eigenvalue weighted by Gasteiger charge is -2.40.